The standard InChI is InChI=1S/C22H31NOS/c1-17(2)9-7-10-18(3)11-8-12-19(4)15-16-25-21-14-6-5-13-20(21)22(23)24/h5-6,9,11,13-15H,7-8,10,12,16H2,1-4H3,(H2,23,24)/b18-11+,19-15+. The summed E-state index contributed by atoms with van der Waals surface area (Å²) in [5.41, 5.74) is 10.3. The normalized spacial score (nSPS) is 12.2. The molecule has 0 heterocycles. The Labute approximate surface area is 157 Å². The Morgan fingerprint density at radius 1 is 0.960 bits per heavy atom. The van der Waals surface area contributed by atoms with Crippen LogP contribution >= 0.6 is 11.8 Å². The number of carbonyl (C=O) groups is 1. The molecule has 1 aromatic rings. The van der Waals surface area contributed by atoms with Crippen molar-refractivity contribution in [1.82, 2.24) is 0 Å². The van der Waals surface area contributed by atoms with Gasteiger partial charge in [0.2, 0.25) is 5.91 Å². The van der Waals surface area contributed by atoms with E-state index in [1.54, 1.807) is 17.8 Å². The van der Waals surface area contributed by atoms with Gasteiger partial charge in [-0.1, -0.05) is 47.1 Å². The maximum Gasteiger partial charge on any atom is 0.249 e. The van der Waals surface area contributed by atoms with E-state index in [1.165, 1.54) is 16.7 Å². The molecule has 0 spiro atoms. The summed E-state index contributed by atoms with van der Waals surface area (Å²) < 4.78 is 0. The van der Waals surface area contributed by atoms with Crippen molar-refractivity contribution in [1.29, 1.82) is 0 Å². The molecule has 0 aliphatic heterocycles. The lowest BCUT2D eigenvalue weighted by Crippen LogP contribution is -2.11. The molecule has 2 N–H and O–H groups in total. The van der Waals surface area contributed by atoms with Crippen LogP contribution in [0.1, 0.15) is 63.7 Å². The van der Waals surface area contributed by atoms with Crippen LogP contribution in [0.25, 0.3) is 0 Å². The van der Waals surface area contributed by atoms with Gasteiger partial charge in [-0.15, -0.1) is 11.8 Å². The number of primary amides is 1. The highest BCUT2D eigenvalue weighted by molar-refractivity contribution is 7.99. The fourth-order valence-corrected chi connectivity index (χ4v) is 3.45. The van der Waals surface area contributed by atoms with Gasteiger partial charge in [0.25, 0.3) is 0 Å². The third-order valence-corrected chi connectivity index (χ3v) is 4.95. The number of allylic oxidation sites excluding steroid dienone is 5. The minimum absolute atomic E-state index is 0.363. The zero-order chi connectivity index (χ0) is 18.7. The molecule has 0 aliphatic rings. The van der Waals surface area contributed by atoms with Crippen molar-refractivity contribution in [2.24, 2.45) is 5.73 Å². The second kappa shape index (κ2) is 11.8. The number of thioether (sulfide) groups is 1. The zero-order valence-electron chi connectivity index (χ0n) is 16.0. The highest BCUT2D eigenvalue weighted by atomic mass is 32.2. The van der Waals surface area contributed by atoms with Crippen molar-refractivity contribution in [3.63, 3.8) is 0 Å². The van der Waals surface area contributed by atoms with Gasteiger partial charge in [-0.2, -0.15) is 0 Å². The highest BCUT2D eigenvalue weighted by Gasteiger charge is 2.06. The van der Waals surface area contributed by atoms with Crippen LogP contribution in [0, 0.1) is 0 Å². The maximum atomic E-state index is 11.4. The first-order valence-corrected chi connectivity index (χ1v) is 9.85. The molecule has 0 unspecified atom stereocenters. The maximum absolute atomic E-state index is 11.4. The molecule has 136 valence electrons. The number of rotatable bonds is 10. The molecule has 0 radical (unpaired) electrons. The van der Waals surface area contributed by atoms with E-state index in [0.29, 0.717) is 5.56 Å². The first kappa shape index (κ1) is 21.3. The number of hydrogen-bond donors (Lipinski definition) is 1. The molecule has 2 nitrogen and oxygen atoms in total. The predicted octanol–water partition coefficient (Wildman–Crippen LogP) is 6.30. The molecule has 1 rings (SSSR count). The van der Waals surface area contributed by atoms with Gasteiger partial charge < -0.3 is 5.73 Å². The van der Waals surface area contributed by atoms with Gasteiger partial charge in [0.05, 0.1) is 5.56 Å². The Morgan fingerprint density at radius 2 is 1.56 bits per heavy atom. The van der Waals surface area contributed by atoms with Crippen LogP contribution in [0.3, 0.4) is 0 Å². The van der Waals surface area contributed by atoms with Crippen LogP contribution in [0.5, 0.6) is 0 Å². The Morgan fingerprint density at radius 3 is 2.20 bits per heavy atom. The van der Waals surface area contributed by atoms with E-state index in [-0.39, 0.29) is 5.91 Å². The van der Waals surface area contributed by atoms with Crippen molar-refractivity contribution in [3.8, 4) is 0 Å². The molecular weight excluding hydrogens is 326 g/mol. The Hall–Kier alpha value is -1.74. The molecule has 0 atom stereocenters. The Balaban J connectivity index is 2.39. The average Bonchev–Trinajstić information content (AvgIpc) is 2.54. The first-order valence-electron chi connectivity index (χ1n) is 8.86. The van der Waals surface area contributed by atoms with E-state index in [4.69, 9.17) is 5.73 Å². The smallest absolute Gasteiger partial charge is 0.249 e. The van der Waals surface area contributed by atoms with Crippen LogP contribution in [0.2, 0.25) is 0 Å². The van der Waals surface area contributed by atoms with Gasteiger partial charge >= 0.3 is 0 Å². The highest BCUT2D eigenvalue weighted by Crippen LogP contribution is 2.23. The molecule has 1 aromatic carbocycles. The quantitative estimate of drug-likeness (QED) is 0.394. The lowest BCUT2D eigenvalue weighted by molar-refractivity contribution is 0.0997. The molecule has 0 aromatic heterocycles. The van der Waals surface area contributed by atoms with Crippen LogP contribution in [0.4, 0.5) is 0 Å². The summed E-state index contributed by atoms with van der Waals surface area (Å²) in [6, 6.07) is 7.52. The molecule has 0 saturated heterocycles. The first-order chi connectivity index (χ1) is 11.9. The number of carbonyl (C=O) groups excluding carboxylic acids is 1. The Bertz CT molecular complexity index is 652. The summed E-state index contributed by atoms with van der Waals surface area (Å²) in [7, 11) is 0. The summed E-state index contributed by atoms with van der Waals surface area (Å²) in [5, 5.41) is 0. The van der Waals surface area contributed by atoms with Crippen LogP contribution in [-0.4, -0.2) is 11.7 Å². The van der Waals surface area contributed by atoms with Crippen LogP contribution < -0.4 is 5.73 Å². The topological polar surface area (TPSA) is 43.1 Å². The average molecular weight is 358 g/mol. The number of hydrogen-bond acceptors (Lipinski definition) is 2. The minimum atomic E-state index is -0.363. The van der Waals surface area contributed by atoms with Crippen molar-refractivity contribution in [3.05, 3.63) is 64.8 Å². The lowest BCUT2D eigenvalue weighted by Gasteiger charge is -2.05. The third kappa shape index (κ3) is 9.35. The monoisotopic (exact) mass is 357 g/mol. The summed E-state index contributed by atoms with van der Waals surface area (Å²) in [4.78, 5) is 12.4. The van der Waals surface area contributed by atoms with Crippen molar-refractivity contribution < 1.29 is 4.79 Å². The van der Waals surface area contributed by atoms with Gasteiger partial charge in [0, 0.05) is 10.6 Å². The molecule has 0 aliphatic carbocycles. The van der Waals surface area contributed by atoms with Crippen LogP contribution in [-0.2, 0) is 0 Å². The van der Waals surface area contributed by atoms with Gasteiger partial charge in [-0.3, -0.25) is 4.79 Å². The number of amides is 1. The summed E-state index contributed by atoms with van der Waals surface area (Å²) in [5.74, 6) is 0.497. The summed E-state index contributed by atoms with van der Waals surface area (Å²) in [6.07, 6.45) is 11.3. The molecule has 0 bridgehead atoms. The van der Waals surface area contributed by atoms with E-state index in [2.05, 4.69) is 45.9 Å². The second-order valence-electron chi connectivity index (χ2n) is 6.63. The summed E-state index contributed by atoms with van der Waals surface area (Å²) >= 11 is 1.66. The Kier molecular flexibility index (Phi) is 10.0. The lowest BCUT2D eigenvalue weighted by atomic mass is 10.1. The van der Waals surface area contributed by atoms with Gasteiger partial charge in [0.15, 0.2) is 0 Å². The van der Waals surface area contributed by atoms with E-state index in [0.717, 1.165) is 36.3 Å². The number of benzene rings is 1. The zero-order valence-corrected chi connectivity index (χ0v) is 16.8. The SMILES string of the molecule is CC(C)=CCC/C(C)=C/CC/C(C)=C/CSc1ccccc1C(N)=O. The van der Waals surface area contributed by atoms with Crippen molar-refractivity contribution in [2.45, 2.75) is 58.3 Å². The van der Waals surface area contributed by atoms with Crippen molar-refractivity contribution >= 4 is 17.7 Å². The molecule has 25 heavy (non-hydrogen) atoms. The fourth-order valence-electron chi connectivity index (χ4n) is 2.41. The molecule has 0 fully saturated rings. The third-order valence-electron chi connectivity index (χ3n) is 3.95. The van der Waals surface area contributed by atoms with E-state index in [9.17, 15) is 4.79 Å². The van der Waals surface area contributed by atoms with Gasteiger partial charge in [-0.25, -0.2) is 0 Å². The minimum Gasteiger partial charge on any atom is -0.366 e. The summed E-state index contributed by atoms with van der Waals surface area (Å²) in [6.45, 7) is 8.68. The number of nitrogens with two attached hydrogens (primary N) is 1. The molecule has 0 saturated carbocycles. The van der Waals surface area contributed by atoms with E-state index in [1.807, 2.05) is 18.2 Å². The van der Waals surface area contributed by atoms with E-state index < -0.39 is 0 Å². The second-order valence-corrected chi connectivity index (χ2v) is 7.69. The molecular formula is C22H31NOS. The molecule has 3 heteroatoms. The molecule has 1 amide bonds. The van der Waals surface area contributed by atoms with Gasteiger partial charge in [0.1, 0.15) is 0 Å². The largest absolute Gasteiger partial charge is 0.366 e. The van der Waals surface area contributed by atoms with Crippen LogP contribution in [0.15, 0.2) is 64.1 Å². The van der Waals surface area contributed by atoms with Gasteiger partial charge in [-0.05, 0) is 65.5 Å². The fraction of sp³-hybridized carbons (Fsp3) is 0.409. The predicted molar refractivity (Wildman–Crippen MR) is 111 cm³/mol. The van der Waals surface area contributed by atoms with Crippen molar-refractivity contribution in [2.75, 3.05) is 5.75 Å². The van der Waals surface area contributed by atoms with E-state index >= 15 is 0 Å².